The standard InChI is InChI=1S/C13H11N3/c1-8(2)13-11(7-15)10-4-3-9(6-14)5-12(10)16-13/h3-5,8,16H,1-2H3. The second-order valence-corrected chi connectivity index (χ2v) is 4.05. The van der Waals surface area contributed by atoms with Crippen LogP contribution in [0.5, 0.6) is 0 Å². The lowest BCUT2D eigenvalue weighted by atomic mass is 10.0. The van der Waals surface area contributed by atoms with Gasteiger partial charge in [0, 0.05) is 16.6 Å². The SMILES string of the molecule is CC(C)c1[nH]c2cc(C#N)ccc2c1C#N. The molecule has 0 spiro atoms. The molecule has 0 amide bonds. The van der Waals surface area contributed by atoms with E-state index in [0.717, 1.165) is 16.6 Å². The van der Waals surface area contributed by atoms with E-state index in [0.29, 0.717) is 11.1 Å². The highest BCUT2D eigenvalue weighted by Crippen LogP contribution is 2.27. The van der Waals surface area contributed by atoms with E-state index in [4.69, 9.17) is 10.5 Å². The van der Waals surface area contributed by atoms with E-state index in [1.54, 1.807) is 12.1 Å². The molecule has 0 aliphatic heterocycles. The Labute approximate surface area is 93.9 Å². The molecule has 2 aromatic rings. The first-order valence-corrected chi connectivity index (χ1v) is 5.13. The minimum atomic E-state index is 0.271. The monoisotopic (exact) mass is 209 g/mol. The van der Waals surface area contributed by atoms with Crippen molar-refractivity contribution >= 4 is 10.9 Å². The Morgan fingerprint density at radius 2 is 1.94 bits per heavy atom. The number of rotatable bonds is 1. The first kappa shape index (κ1) is 10.3. The summed E-state index contributed by atoms with van der Waals surface area (Å²) >= 11 is 0. The van der Waals surface area contributed by atoms with E-state index in [-0.39, 0.29) is 5.92 Å². The number of hydrogen-bond donors (Lipinski definition) is 1. The van der Waals surface area contributed by atoms with Crippen molar-refractivity contribution in [1.82, 2.24) is 4.98 Å². The van der Waals surface area contributed by atoms with Gasteiger partial charge < -0.3 is 4.98 Å². The van der Waals surface area contributed by atoms with E-state index in [2.05, 4.69) is 17.1 Å². The highest BCUT2D eigenvalue weighted by molar-refractivity contribution is 5.88. The quantitative estimate of drug-likeness (QED) is 0.784. The first-order chi connectivity index (χ1) is 7.67. The summed E-state index contributed by atoms with van der Waals surface area (Å²) in [4.78, 5) is 3.22. The van der Waals surface area contributed by atoms with Gasteiger partial charge in [-0.05, 0) is 18.1 Å². The summed E-state index contributed by atoms with van der Waals surface area (Å²) in [5, 5.41) is 18.9. The third kappa shape index (κ3) is 1.43. The number of fused-ring (bicyclic) bond motifs is 1. The predicted octanol–water partition coefficient (Wildman–Crippen LogP) is 3.03. The average molecular weight is 209 g/mol. The van der Waals surface area contributed by atoms with Crippen molar-refractivity contribution in [2.24, 2.45) is 0 Å². The fourth-order valence-electron chi connectivity index (χ4n) is 1.84. The Kier molecular flexibility index (Phi) is 2.38. The van der Waals surface area contributed by atoms with Gasteiger partial charge in [0.2, 0.25) is 0 Å². The molecule has 0 aliphatic rings. The van der Waals surface area contributed by atoms with Crippen molar-refractivity contribution in [2.75, 3.05) is 0 Å². The van der Waals surface area contributed by atoms with E-state index >= 15 is 0 Å². The van der Waals surface area contributed by atoms with Gasteiger partial charge in [0.05, 0.1) is 17.2 Å². The zero-order valence-electron chi connectivity index (χ0n) is 9.20. The molecule has 0 saturated carbocycles. The van der Waals surface area contributed by atoms with Crippen molar-refractivity contribution < 1.29 is 0 Å². The van der Waals surface area contributed by atoms with Crippen LogP contribution in [0.25, 0.3) is 10.9 Å². The van der Waals surface area contributed by atoms with Crippen LogP contribution in [0.2, 0.25) is 0 Å². The van der Waals surface area contributed by atoms with Gasteiger partial charge in [-0.15, -0.1) is 0 Å². The van der Waals surface area contributed by atoms with Crippen molar-refractivity contribution in [2.45, 2.75) is 19.8 Å². The molecule has 3 heteroatoms. The van der Waals surface area contributed by atoms with Crippen LogP contribution in [0.3, 0.4) is 0 Å². The topological polar surface area (TPSA) is 63.4 Å². The molecule has 0 saturated heterocycles. The molecule has 0 atom stereocenters. The van der Waals surface area contributed by atoms with Gasteiger partial charge in [0.15, 0.2) is 0 Å². The normalized spacial score (nSPS) is 10.3. The summed E-state index contributed by atoms with van der Waals surface area (Å²) < 4.78 is 0. The van der Waals surface area contributed by atoms with E-state index in [9.17, 15) is 0 Å². The van der Waals surface area contributed by atoms with Crippen LogP contribution >= 0.6 is 0 Å². The van der Waals surface area contributed by atoms with Crippen molar-refractivity contribution in [3.63, 3.8) is 0 Å². The molecule has 0 unspecified atom stereocenters. The molecule has 1 aromatic heterocycles. The van der Waals surface area contributed by atoms with Crippen LogP contribution in [-0.4, -0.2) is 4.98 Å². The summed E-state index contributed by atoms with van der Waals surface area (Å²) in [5.74, 6) is 0.271. The first-order valence-electron chi connectivity index (χ1n) is 5.13. The fourth-order valence-corrected chi connectivity index (χ4v) is 1.84. The Bertz CT molecular complexity index is 621. The van der Waals surface area contributed by atoms with Gasteiger partial charge in [0.1, 0.15) is 6.07 Å². The molecule has 0 aliphatic carbocycles. The number of benzene rings is 1. The molecule has 1 aromatic carbocycles. The lowest BCUT2D eigenvalue weighted by Gasteiger charge is -2.00. The highest BCUT2D eigenvalue weighted by Gasteiger charge is 2.13. The van der Waals surface area contributed by atoms with Crippen LogP contribution in [0, 0.1) is 22.7 Å². The average Bonchev–Trinajstić information content (AvgIpc) is 2.66. The molecule has 0 bridgehead atoms. The maximum atomic E-state index is 9.15. The van der Waals surface area contributed by atoms with E-state index in [1.165, 1.54) is 0 Å². The minimum Gasteiger partial charge on any atom is -0.357 e. The molecule has 3 nitrogen and oxygen atoms in total. The second kappa shape index (κ2) is 3.72. The number of nitrogens with one attached hydrogen (secondary N) is 1. The lowest BCUT2D eigenvalue weighted by molar-refractivity contribution is 0.833. The number of hydrogen-bond acceptors (Lipinski definition) is 2. The molecule has 78 valence electrons. The van der Waals surface area contributed by atoms with Crippen LogP contribution in [-0.2, 0) is 0 Å². The Hall–Kier alpha value is -2.26. The number of nitrogens with zero attached hydrogens (tertiary/aromatic N) is 2. The van der Waals surface area contributed by atoms with E-state index in [1.807, 2.05) is 19.9 Å². The smallest absolute Gasteiger partial charge is 0.102 e. The maximum absolute atomic E-state index is 9.15. The second-order valence-electron chi connectivity index (χ2n) is 4.05. The van der Waals surface area contributed by atoms with Gasteiger partial charge in [0.25, 0.3) is 0 Å². The number of H-pyrrole nitrogens is 1. The van der Waals surface area contributed by atoms with Gasteiger partial charge >= 0.3 is 0 Å². The molecule has 0 fully saturated rings. The molecular weight excluding hydrogens is 198 g/mol. The maximum Gasteiger partial charge on any atom is 0.102 e. The van der Waals surface area contributed by atoms with Gasteiger partial charge in [-0.3, -0.25) is 0 Å². The fraction of sp³-hybridized carbons (Fsp3) is 0.231. The Morgan fingerprint density at radius 3 is 2.50 bits per heavy atom. The molecule has 2 rings (SSSR count). The number of aromatic nitrogens is 1. The number of aromatic amines is 1. The minimum absolute atomic E-state index is 0.271. The number of nitriles is 2. The van der Waals surface area contributed by atoms with Gasteiger partial charge in [-0.25, -0.2) is 0 Å². The Morgan fingerprint density at radius 1 is 1.19 bits per heavy atom. The zero-order chi connectivity index (χ0) is 11.7. The molecular formula is C13H11N3. The van der Waals surface area contributed by atoms with Gasteiger partial charge in [-0.1, -0.05) is 19.9 Å². The summed E-state index contributed by atoms with van der Waals surface area (Å²) in [5.41, 5.74) is 3.09. The third-order valence-corrected chi connectivity index (χ3v) is 2.65. The van der Waals surface area contributed by atoms with Crippen LogP contribution in [0.1, 0.15) is 36.6 Å². The zero-order valence-corrected chi connectivity index (χ0v) is 9.20. The molecule has 1 heterocycles. The molecule has 0 radical (unpaired) electrons. The van der Waals surface area contributed by atoms with Crippen LogP contribution < -0.4 is 0 Å². The van der Waals surface area contributed by atoms with Crippen molar-refractivity contribution in [1.29, 1.82) is 10.5 Å². The summed E-state index contributed by atoms with van der Waals surface area (Å²) in [6.45, 7) is 4.08. The summed E-state index contributed by atoms with van der Waals surface area (Å²) in [7, 11) is 0. The highest BCUT2D eigenvalue weighted by atomic mass is 14.7. The molecule has 1 N–H and O–H groups in total. The summed E-state index contributed by atoms with van der Waals surface area (Å²) in [6, 6.07) is 9.66. The largest absolute Gasteiger partial charge is 0.357 e. The Balaban J connectivity index is 2.79. The van der Waals surface area contributed by atoms with Crippen LogP contribution in [0.4, 0.5) is 0 Å². The summed E-state index contributed by atoms with van der Waals surface area (Å²) in [6.07, 6.45) is 0. The van der Waals surface area contributed by atoms with Crippen molar-refractivity contribution in [3.8, 4) is 12.1 Å². The van der Waals surface area contributed by atoms with E-state index < -0.39 is 0 Å². The van der Waals surface area contributed by atoms with Crippen molar-refractivity contribution in [3.05, 3.63) is 35.0 Å². The molecule has 16 heavy (non-hydrogen) atoms. The lowest BCUT2D eigenvalue weighted by Crippen LogP contribution is -1.89. The predicted molar refractivity (Wildman–Crippen MR) is 61.8 cm³/mol. The van der Waals surface area contributed by atoms with Crippen LogP contribution in [0.15, 0.2) is 18.2 Å². The third-order valence-electron chi connectivity index (χ3n) is 2.65. The van der Waals surface area contributed by atoms with Gasteiger partial charge in [-0.2, -0.15) is 10.5 Å².